The maximum Gasteiger partial charge on any atom is 0.495 e. The van der Waals surface area contributed by atoms with Crippen molar-refractivity contribution in [1.29, 1.82) is 0 Å². The number of carbonyl (C=O) groups is 1. The zero-order chi connectivity index (χ0) is 15.1. The monoisotopic (exact) mass is 295 g/mol. The van der Waals surface area contributed by atoms with Gasteiger partial charge in [0.2, 0.25) is 0 Å². The number of hydrogen-bond donors (Lipinski definition) is 1. The van der Waals surface area contributed by atoms with Crippen LogP contribution in [0.25, 0.3) is 0 Å². The third kappa shape index (κ3) is 2.92. The van der Waals surface area contributed by atoms with Crippen LogP contribution in [0, 0.1) is 0 Å². The molecule has 1 aliphatic heterocycles. The van der Waals surface area contributed by atoms with Gasteiger partial charge in [0.05, 0.1) is 16.1 Å². The minimum atomic E-state index is -0.406. The van der Waals surface area contributed by atoms with Gasteiger partial charge in [-0.3, -0.25) is 4.79 Å². The van der Waals surface area contributed by atoms with E-state index in [2.05, 4.69) is 5.32 Å². The molecule has 1 N–H and O–H groups in total. The normalized spacial score (nSPS) is 20.4. The van der Waals surface area contributed by atoms with Crippen LogP contribution in [-0.4, -0.2) is 30.3 Å². The molecule has 1 aromatic rings. The fourth-order valence-electron chi connectivity index (χ4n) is 1.91. The van der Waals surface area contributed by atoms with Gasteiger partial charge in [-0.2, -0.15) is 0 Å². The Morgan fingerprint density at radius 3 is 2.30 bits per heavy atom. The molecule has 1 aliphatic rings. The highest BCUT2D eigenvalue weighted by atomic mass is 32.1. The average Bonchev–Trinajstić information content (AvgIpc) is 2.81. The summed E-state index contributed by atoms with van der Waals surface area (Å²) in [6.07, 6.45) is 0. The topological polar surface area (TPSA) is 47.6 Å². The Balaban J connectivity index is 2.13. The van der Waals surface area contributed by atoms with Crippen LogP contribution in [0.2, 0.25) is 0 Å². The van der Waals surface area contributed by atoms with Crippen molar-refractivity contribution in [2.45, 2.75) is 58.8 Å². The van der Waals surface area contributed by atoms with Crippen molar-refractivity contribution in [3.05, 3.63) is 16.3 Å². The largest absolute Gasteiger partial charge is 0.495 e. The maximum absolute atomic E-state index is 12.0. The van der Waals surface area contributed by atoms with E-state index in [-0.39, 0.29) is 23.2 Å². The Hall–Kier alpha value is -0.845. The molecule has 2 rings (SSSR count). The lowest BCUT2D eigenvalue weighted by molar-refractivity contribution is 0.00578. The lowest BCUT2D eigenvalue weighted by atomic mass is 9.81. The molecule has 0 radical (unpaired) electrons. The van der Waals surface area contributed by atoms with Gasteiger partial charge in [-0.1, -0.05) is 0 Å². The number of rotatable bonds is 3. The van der Waals surface area contributed by atoms with E-state index in [1.54, 1.807) is 0 Å². The standard InChI is InChI=1S/C14H22BNO3S/c1-9(2)16-12(17)11-7-10(8-20-11)15-18-13(3,4)14(5,6)19-15/h7-9H,1-6H3,(H,16,17). The highest BCUT2D eigenvalue weighted by molar-refractivity contribution is 7.13. The van der Waals surface area contributed by atoms with Gasteiger partial charge in [0.15, 0.2) is 0 Å². The summed E-state index contributed by atoms with van der Waals surface area (Å²) in [5, 5.41) is 4.81. The second kappa shape index (κ2) is 5.17. The number of thiophene rings is 1. The molecule has 1 aromatic heterocycles. The molecular formula is C14H22BNO3S. The highest BCUT2D eigenvalue weighted by Gasteiger charge is 2.51. The molecule has 1 amide bonds. The minimum Gasteiger partial charge on any atom is -0.399 e. The summed E-state index contributed by atoms with van der Waals surface area (Å²) in [5.41, 5.74) is 0.183. The van der Waals surface area contributed by atoms with Crippen molar-refractivity contribution in [2.75, 3.05) is 0 Å². The second-order valence-corrected chi connectivity index (χ2v) is 7.37. The minimum absolute atomic E-state index is 0.0484. The predicted octanol–water partition coefficient (Wildman–Crippen LogP) is 2.19. The van der Waals surface area contributed by atoms with Crippen molar-refractivity contribution in [3.8, 4) is 0 Å². The van der Waals surface area contributed by atoms with E-state index >= 15 is 0 Å². The highest BCUT2D eigenvalue weighted by Crippen LogP contribution is 2.36. The smallest absolute Gasteiger partial charge is 0.399 e. The molecule has 0 bridgehead atoms. The predicted molar refractivity (Wildman–Crippen MR) is 82.6 cm³/mol. The Morgan fingerprint density at radius 2 is 1.80 bits per heavy atom. The molecule has 1 fully saturated rings. The van der Waals surface area contributed by atoms with Gasteiger partial charge in [0.1, 0.15) is 0 Å². The van der Waals surface area contributed by atoms with E-state index in [4.69, 9.17) is 9.31 Å². The number of carbonyl (C=O) groups excluding carboxylic acids is 1. The van der Waals surface area contributed by atoms with Gasteiger partial charge in [-0.05, 0) is 58.5 Å². The first kappa shape index (κ1) is 15.5. The summed E-state index contributed by atoms with van der Waals surface area (Å²) < 4.78 is 12.0. The fraction of sp³-hybridized carbons (Fsp3) is 0.643. The summed E-state index contributed by atoms with van der Waals surface area (Å²) in [6.45, 7) is 12.0. The van der Waals surface area contributed by atoms with Crippen molar-refractivity contribution in [1.82, 2.24) is 5.32 Å². The van der Waals surface area contributed by atoms with Gasteiger partial charge in [0.25, 0.3) is 5.91 Å². The summed E-state index contributed by atoms with van der Waals surface area (Å²) in [5.74, 6) is -0.0484. The van der Waals surface area contributed by atoms with E-state index in [9.17, 15) is 4.79 Å². The van der Waals surface area contributed by atoms with Gasteiger partial charge >= 0.3 is 7.12 Å². The quantitative estimate of drug-likeness (QED) is 0.870. The Bertz CT molecular complexity index is 494. The number of nitrogens with one attached hydrogen (secondary N) is 1. The molecular weight excluding hydrogens is 273 g/mol. The van der Waals surface area contributed by atoms with Crippen molar-refractivity contribution < 1.29 is 14.1 Å². The molecule has 0 aromatic carbocycles. The van der Waals surface area contributed by atoms with Crippen LogP contribution < -0.4 is 10.8 Å². The summed E-state index contributed by atoms with van der Waals surface area (Å²) in [7, 11) is -0.406. The number of hydrogen-bond acceptors (Lipinski definition) is 4. The summed E-state index contributed by atoms with van der Waals surface area (Å²) >= 11 is 1.41. The first-order valence-corrected chi connectivity index (χ1v) is 7.75. The van der Waals surface area contributed by atoms with Crippen molar-refractivity contribution in [2.24, 2.45) is 0 Å². The number of amides is 1. The summed E-state index contributed by atoms with van der Waals surface area (Å²) in [4.78, 5) is 12.6. The van der Waals surface area contributed by atoms with Gasteiger partial charge < -0.3 is 14.6 Å². The molecule has 2 heterocycles. The summed E-state index contributed by atoms with van der Waals surface area (Å²) in [6, 6.07) is 1.98. The molecule has 110 valence electrons. The van der Waals surface area contributed by atoms with Crippen molar-refractivity contribution in [3.63, 3.8) is 0 Å². The van der Waals surface area contributed by atoms with Crippen LogP contribution in [0.4, 0.5) is 0 Å². The Morgan fingerprint density at radius 1 is 1.25 bits per heavy atom. The third-order valence-corrected chi connectivity index (χ3v) is 4.74. The molecule has 0 aliphatic carbocycles. The van der Waals surface area contributed by atoms with Crippen LogP contribution in [0.15, 0.2) is 11.4 Å². The molecule has 0 unspecified atom stereocenters. The molecule has 0 atom stereocenters. The van der Waals surface area contributed by atoms with E-state index in [1.807, 2.05) is 53.0 Å². The Labute approximate surface area is 125 Å². The SMILES string of the molecule is CC(C)NC(=O)c1cc(B2OC(C)(C)C(C)(C)O2)cs1. The van der Waals surface area contributed by atoms with Crippen LogP contribution >= 0.6 is 11.3 Å². The zero-order valence-electron chi connectivity index (χ0n) is 12.9. The van der Waals surface area contributed by atoms with Crippen LogP contribution in [0.5, 0.6) is 0 Å². The molecule has 6 heteroatoms. The van der Waals surface area contributed by atoms with Crippen LogP contribution in [0.3, 0.4) is 0 Å². The molecule has 20 heavy (non-hydrogen) atoms. The lowest BCUT2D eigenvalue weighted by Gasteiger charge is -2.32. The van der Waals surface area contributed by atoms with E-state index in [0.29, 0.717) is 4.88 Å². The van der Waals surface area contributed by atoms with E-state index in [1.165, 1.54) is 11.3 Å². The zero-order valence-corrected chi connectivity index (χ0v) is 13.8. The van der Waals surface area contributed by atoms with E-state index in [0.717, 1.165) is 5.46 Å². The van der Waals surface area contributed by atoms with Crippen molar-refractivity contribution >= 4 is 29.8 Å². The second-order valence-electron chi connectivity index (χ2n) is 6.46. The Kier molecular flexibility index (Phi) is 4.02. The molecule has 0 saturated carbocycles. The fourth-order valence-corrected chi connectivity index (χ4v) is 2.72. The van der Waals surface area contributed by atoms with Gasteiger partial charge in [0, 0.05) is 6.04 Å². The molecule has 0 spiro atoms. The van der Waals surface area contributed by atoms with Crippen LogP contribution in [0.1, 0.15) is 51.2 Å². The van der Waals surface area contributed by atoms with Gasteiger partial charge in [-0.25, -0.2) is 0 Å². The lowest BCUT2D eigenvalue weighted by Crippen LogP contribution is -2.41. The molecule has 4 nitrogen and oxygen atoms in total. The first-order valence-electron chi connectivity index (χ1n) is 6.87. The molecule has 1 saturated heterocycles. The first-order chi connectivity index (χ1) is 9.12. The third-order valence-electron chi connectivity index (χ3n) is 3.79. The average molecular weight is 295 g/mol. The van der Waals surface area contributed by atoms with Gasteiger partial charge in [-0.15, -0.1) is 11.3 Å². The van der Waals surface area contributed by atoms with Crippen LogP contribution in [-0.2, 0) is 9.31 Å². The van der Waals surface area contributed by atoms with E-state index < -0.39 is 7.12 Å². The maximum atomic E-state index is 12.0.